The summed E-state index contributed by atoms with van der Waals surface area (Å²) >= 11 is 0. The van der Waals surface area contributed by atoms with Gasteiger partial charge in [-0.3, -0.25) is 0 Å². The van der Waals surface area contributed by atoms with Crippen LogP contribution in [0.5, 0.6) is 11.5 Å². The van der Waals surface area contributed by atoms with E-state index in [9.17, 15) is 13.6 Å². The van der Waals surface area contributed by atoms with Crippen molar-refractivity contribution in [3.05, 3.63) is 23.8 Å². The number of rotatable bonds is 7. The lowest BCUT2D eigenvalue weighted by Gasteiger charge is -2.10. The van der Waals surface area contributed by atoms with Crippen molar-refractivity contribution in [1.82, 2.24) is 0 Å². The monoisotopic (exact) mass is 246 g/mol. The van der Waals surface area contributed by atoms with Gasteiger partial charge in [-0.05, 0) is 12.1 Å². The van der Waals surface area contributed by atoms with Crippen LogP contribution in [-0.4, -0.2) is 37.6 Å². The Morgan fingerprint density at radius 3 is 2.41 bits per heavy atom. The lowest BCUT2D eigenvalue weighted by molar-refractivity contribution is 0.0691. The number of benzene rings is 1. The van der Waals surface area contributed by atoms with Gasteiger partial charge in [-0.25, -0.2) is 13.6 Å². The quantitative estimate of drug-likeness (QED) is 0.800. The van der Waals surface area contributed by atoms with Gasteiger partial charge in [0, 0.05) is 6.07 Å². The van der Waals surface area contributed by atoms with Crippen molar-refractivity contribution in [1.29, 1.82) is 0 Å². The molecule has 1 rings (SSSR count). The van der Waals surface area contributed by atoms with Gasteiger partial charge in [0.25, 0.3) is 0 Å². The Bertz CT molecular complexity index is 382. The van der Waals surface area contributed by atoms with Gasteiger partial charge in [0.15, 0.2) is 0 Å². The summed E-state index contributed by atoms with van der Waals surface area (Å²) in [5.41, 5.74) is -0.0916. The number of carboxylic acids is 1. The molecule has 0 radical (unpaired) electrons. The lowest BCUT2D eigenvalue weighted by atomic mass is 10.2. The fraction of sp³-hybridized carbons (Fsp3) is 0.364. The molecule has 0 unspecified atom stereocenters. The minimum atomic E-state index is -1.18. The number of halogens is 2. The largest absolute Gasteiger partial charge is 0.491 e. The molecule has 0 aliphatic carbocycles. The molecule has 94 valence electrons. The van der Waals surface area contributed by atoms with Crippen molar-refractivity contribution in [2.75, 3.05) is 26.6 Å². The highest BCUT2D eigenvalue weighted by molar-refractivity contribution is 5.91. The molecule has 0 aromatic heterocycles. The highest BCUT2D eigenvalue weighted by Gasteiger charge is 2.12. The number of carboxylic acid groups (broad SMARTS) is 1. The molecule has 1 N–H and O–H groups in total. The van der Waals surface area contributed by atoms with Gasteiger partial charge < -0.3 is 14.6 Å². The first-order valence-electron chi connectivity index (χ1n) is 4.94. The Kier molecular flexibility index (Phi) is 5.19. The number of hydrogen-bond donors (Lipinski definition) is 1. The zero-order valence-corrected chi connectivity index (χ0v) is 8.99. The van der Waals surface area contributed by atoms with Crippen molar-refractivity contribution in [2.24, 2.45) is 0 Å². The van der Waals surface area contributed by atoms with E-state index >= 15 is 0 Å². The van der Waals surface area contributed by atoms with Gasteiger partial charge >= 0.3 is 5.97 Å². The summed E-state index contributed by atoms with van der Waals surface area (Å²) in [4.78, 5) is 10.8. The Morgan fingerprint density at radius 2 is 1.82 bits per heavy atom. The van der Waals surface area contributed by atoms with Crippen LogP contribution >= 0.6 is 0 Å². The Morgan fingerprint density at radius 1 is 1.18 bits per heavy atom. The van der Waals surface area contributed by atoms with Crippen LogP contribution in [0.4, 0.5) is 8.78 Å². The normalized spacial score (nSPS) is 10.0. The molecule has 4 nitrogen and oxygen atoms in total. The summed E-state index contributed by atoms with van der Waals surface area (Å²) in [6.45, 7) is -1.75. The molecule has 17 heavy (non-hydrogen) atoms. The van der Waals surface area contributed by atoms with Gasteiger partial charge in [-0.1, -0.05) is 0 Å². The molecule has 0 spiro atoms. The summed E-state index contributed by atoms with van der Waals surface area (Å²) in [6.07, 6.45) is 0. The molecule has 0 saturated carbocycles. The molecule has 1 aromatic carbocycles. The zero-order chi connectivity index (χ0) is 12.7. The molecule has 1 aromatic rings. The molecular formula is C11H12F2O4. The smallest absolute Gasteiger partial charge is 0.339 e. The van der Waals surface area contributed by atoms with Gasteiger partial charge in [0.2, 0.25) is 0 Å². The van der Waals surface area contributed by atoms with E-state index in [2.05, 4.69) is 0 Å². The molecule has 0 aliphatic rings. The molecule has 0 amide bonds. The maximum Gasteiger partial charge on any atom is 0.339 e. The summed E-state index contributed by atoms with van der Waals surface area (Å²) in [6, 6.07) is 3.96. The predicted molar refractivity (Wildman–Crippen MR) is 56.3 cm³/mol. The first-order chi connectivity index (χ1) is 8.19. The third-order valence-corrected chi connectivity index (χ3v) is 1.86. The standard InChI is InChI=1S/C11H12F2O4/c12-3-5-16-8-1-2-9(11(14)15)10(7-8)17-6-4-13/h1-2,7H,3-6H2,(H,14,15). The van der Waals surface area contributed by atoms with E-state index in [1.807, 2.05) is 0 Å². The SMILES string of the molecule is O=C(O)c1ccc(OCCF)cc1OCCF. The second-order valence-electron chi connectivity index (χ2n) is 3.04. The Hall–Kier alpha value is -1.85. The highest BCUT2D eigenvalue weighted by Crippen LogP contribution is 2.25. The van der Waals surface area contributed by atoms with Gasteiger partial charge in [0.05, 0.1) is 0 Å². The second kappa shape index (κ2) is 6.67. The van der Waals surface area contributed by atoms with E-state index in [1.54, 1.807) is 0 Å². The van der Waals surface area contributed by atoms with Crippen LogP contribution in [0, 0.1) is 0 Å². The molecule has 0 heterocycles. The van der Waals surface area contributed by atoms with Crippen molar-refractivity contribution >= 4 is 5.97 Å². The van der Waals surface area contributed by atoms with Crippen LogP contribution in [0.15, 0.2) is 18.2 Å². The van der Waals surface area contributed by atoms with Crippen LogP contribution < -0.4 is 9.47 Å². The number of hydrogen-bond acceptors (Lipinski definition) is 3. The van der Waals surface area contributed by atoms with E-state index in [-0.39, 0.29) is 30.3 Å². The molecule has 0 bridgehead atoms. The van der Waals surface area contributed by atoms with Crippen molar-refractivity contribution in [3.8, 4) is 11.5 Å². The van der Waals surface area contributed by atoms with E-state index in [0.717, 1.165) is 0 Å². The van der Waals surface area contributed by atoms with E-state index in [1.165, 1.54) is 18.2 Å². The third kappa shape index (κ3) is 3.90. The van der Waals surface area contributed by atoms with Crippen LogP contribution in [0.1, 0.15) is 10.4 Å². The first kappa shape index (κ1) is 13.2. The maximum atomic E-state index is 12.0. The van der Waals surface area contributed by atoms with Gasteiger partial charge in [0.1, 0.15) is 43.6 Å². The zero-order valence-electron chi connectivity index (χ0n) is 8.99. The number of carbonyl (C=O) groups is 1. The van der Waals surface area contributed by atoms with Crippen LogP contribution in [0.2, 0.25) is 0 Å². The molecule has 0 atom stereocenters. The minimum absolute atomic E-state index is 0.00603. The number of ether oxygens (including phenoxy) is 2. The van der Waals surface area contributed by atoms with Crippen LogP contribution in [0.3, 0.4) is 0 Å². The summed E-state index contributed by atoms with van der Waals surface area (Å²) < 4.78 is 33.8. The predicted octanol–water partition coefficient (Wildman–Crippen LogP) is 2.08. The third-order valence-electron chi connectivity index (χ3n) is 1.86. The van der Waals surface area contributed by atoms with Crippen molar-refractivity contribution in [2.45, 2.75) is 0 Å². The van der Waals surface area contributed by atoms with Crippen LogP contribution in [-0.2, 0) is 0 Å². The number of aromatic carboxylic acids is 1. The Balaban J connectivity index is 2.88. The van der Waals surface area contributed by atoms with Crippen molar-refractivity contribution < 1.29 is 28.2 Å². The van der Waals surface area contributed by atoms with E-state index < -0.39 is 19.3 Å². The average molecular weight is 246 g/mol. The fourth-order valence-electron chi connectivity index (χ4n) is 1.19. The van der Waals surface area contributed by atoms with Gasteiger partial charge in [-0.15, -0.1) is 0 Å². The molecule has 0 fully saturated rings. The fourth-order valence-corrected chi connectivity index (χ4v) is 1.19. The summed E-state index contributed by atoms with van der Waals surface area (Å²) in [5.74, 6) is -0.899. The lowest BCUT2D eigenvalue weighted by Crippen LogP contribution is -2.06. The molecule has 6 heteroatoms. The van der Waals surface area contributed by atoms with E-state index in [0.29, 0.717) is 0 Å². The molecule has 0 saturated heterocycles. The van der Waals surface area contributed by atoms with Crippen molar-refractivity contribution in [3.63, 3.8) is 0 Å². The molecular weight excluding hydrogens is 234 g/mol. The van der Waals surface area contributed by atoms with Gasteiger partial charge in [-0.2, -0.15) is 0 Å². The number of alkyl halides is 2. The van der Waals surface area contributed by atoms with Crippen LogP contribution in [0.25, 0.3) is 0 Å². The highest BCUT2D eigenvalue weighted by atomic mass is 19.1. The molecule has 0 aliphatic heterocycles. The summed E-state index contributed by atoms with van der Waals surface area (Å²) in [7, 11) is 0. The average Bonchev–Trinajstić information content (AvgIpc) is 2.33. The minimum Gasteiger partial charge on any atom is -0.491 e. The summed E-state index contributed by atoms with van der Waals surface area (Å²) in [5, 5.41) is 8.86. The second-order valence-corrected chi connectivity index (χ2v) is 3.04. The first-order valence-corrected chi connectivity index (χ1v) is 4.94. The maximum absolute atomic E-state index is 12.0. The topological polar surface area (TPSA) is 55.8 Å². The van der Waals surface area contributed by atoms with E-state index in [4.69, 9.17) is 14.6 Å². The Labute approximate surface area is 96.8 Å².